The lowest BCUT2D eigenvalue weighted by Gasteiger charge is -2.22. The lowest BCUT2D eigenvalue weighted by molar-refractivity contribution is 0.101. The smallest absolute Gasteiger partial charge is 0.274 e. The molecule has 7 heteroatoms. The summed E-state index contributed by atoms with van der Waals surface area (Å²) in [5.41, 5.74) is 1.24. The van der Waals surface area contributed by atoms with Gasteiger partial charge in [0.25, 0.3) is 5.91 Å². The molecular formula is C13H18N6O. The SMILES string of the molecule is Cn1nccc1C(=O)Nc1cnn(C2CCNCC2)c1. The number of carbonyl (C=O) groups is 1. The Labute approximate surface area is 117 Å². The molecule has 1 amide bonds. The van der Waals surface area contributed by atoms with Crippen LogP contribution < -0.4 is 10.6 Å². The van der Waals surface area contributed by atoms with Gasteiger partial charge in [0.15, 0.2) is 0 Å². The number of nitrogens with zero attached hydrogens (tertiary/aromatic N) is 4. The number of nitrogens with one attached hydrogen (secondary N) is 2. The van der Waals surface area contributed by atoms with E-state index in [1.807, 2.05) is 10.9 Å². The number of amides is 1. The summed E-state index contributed by atoms with van der Waals surface area (Å²) in [6.45, 7) is 2.03. The molecule has 1 aliphatic rings. The van der Waals surface area contributed by atoms with Crippen molar-refractivity contribution in [3.63, 3.8) is 0 Å². The molecule has 0 saturated carbocycles. The highest BCUT2D eigenvalue weighted by atomic mass is 16.2. The first kappa shape index (κ1) is 12.9. The topological polar surface area (TPSA) is 76.8 Å². The minimum atomic E-state index is -0.171. The van der Waals surface area contributed by atoms with Gasteiger partial charge in [-0.15, -0.1) is 0 Å². The van der Waals surface area contributed by atoms with Gasteiger partial charge in [-0.05, 0) is 32.0 Å². The average Bonchev–Trinajstić information content (AvgIpc) is 3.09. The van der Waals surface area contributed by atoms with Crippen LogP contribution in [0.25, 0.3) is 0 Å². The number of anilines is 1. The van der Waals surface area contributed by atoms with Gasteiger partial charge >= 0.3 is 0 Å². The summed E-state index contributed by atoms with van der Waals surface area (Å²) in [7, 11) is 1.74. The molecule has 0 aliphatic carbocycles. The molecule has 0 spiro atoms. The lowest BCUT2D eigenvalue weighted by Crippen LogP contribution is -2.29. The maximum atomic E-state index is 12.1. The predicted octanol–water partition coefficient (Wildman–Crippen LogP) is 0.793. The lowest BCUT2D eigenvalue weighted by atomic mass is 10.1. The molecule has 3 rings (SSSR count). The Kier molecular flexibility index (Phi) is 3.51. The second-order valence-electron chi connectivity index (χ2n) is 4.98. The number of hydrogen-bond donors (Lipinski definition) is 2. The van der Waals surface area contributed by atoms with E-state index in [-0.39, 0.29) is 5.91 Å². The van der Waals surface area contributed by atoms with Crippen LogP contribution >= 0.6 is 0 Å². The Morgan fingerprint density at radius 2 is 2.20 bits per heavy atom. The Morgan fingerprint density at radius 3 is 2.90 bits per heavy atom. The Balaban J connectivity index is 1.68. The van der Waals surface area contributed by atoms with Crippen molar-refractivity contribution in [1.82, 2.24) is 24.9 Å². The van der Waals surface area contributed by atoms with Crippen LogP contribution in [0.2, 0.25) is 0 Å². The summed E-state index contributed by atoms with van der Waals surface area (Å²) in [5, 5.41) is 14.5. The third kappa shape index (κ3) is 2.57. The molecule has 0 radical (unpaired) electrons. The minimum absolute atomic E-state index is 0.171. The van der Waals surface area contributed by atoms with Crippen molar-refractivity contribution in [3.05, 3.63) is 30.4 Å². The van der Waals surface area contributed by atoms with Gasteiger partial charge in [-0.2, -0.15) is 10.2 Å². The second kappa shape index (κ2) is 5.46. The minimum Gasteiger partial charge on any atom is -0.318 e. The summed E-state index contributed by atoms with van der Waals surface area (Å²) in [6, 6.07) is 2.10. The molecular weight excluding hydrogens is 256 g/mol. The van der Waals surface area contributed by atoms with E-state index < -0.39 is 0 Å². The summed E-state index contributed by atoms with van der Waals surface area (Å²) in [4.78, 5) is 12.1. The van der Waals surface area contributed by atoms with Crippen molar-refractivity contribution < 1.29 is 4.79 Å². The number of hydrogen-bond acceptors (Lipinski definition) is 4. The van der Waals surface area contributed by atoms with Gasteiger partial charge in [0, 0.05) is 19.4 Å². The molecule has 1 fully saturated rings. The summed E-state index contributed by atoms with van der Waals surface area (Å²) in [5.74, 6) is -0.171. The Bertz CT molecular complexity index is 596. The maximum Gasteiger partial charge on any atom is 0.274 e. The fraction of sp³-hybridized carbons (Fsp3) is 0.462. The summed E-state index contributed by atoms with van der Waals surface area (Å²) >= 11 is 0. The predicted molar refractivity (Wildman–Crippen MR) is 74.5 cm³/mol. The molecule has 2 aromatic rings. The summed E-state index contributed by atoms with van der Waals surface area (Å²) in [6.07, 6.45) is 7.32. The summed E-state index contributed by atoms with van der Waals surface area (Å²) < 4.78 is 3.49. The van der Waals surface area contributed by atoms with Crippen LogP contribution in [-0.4, -0.2) is 38.6 Å². The van der Waals surface area contributed by atoms with E-state index in [0.29, 0.717) is 11.7 Å². The van der Waals surface area contributed by atoms with E-state index in [9.17, 15) is 4.79 Å². The Morgan fingerprint density at radius 1 is 1.40 bits per heavy atom. The number of piperidine rings is 1. The highest BCUT2D eigenvalue weighted by Crippen LogP contribution is 2.19. The van der Waals surface area contributed by atoms with Crippen molar-refractivity contribution in [3.8, 4) is 0 Å². The number of aromatic nitrogens is 4. The van der Waals surface area contributed by atoms with Crippen molar-refractivity contribution in [2.45, 2.75) is 18.9 Å². The number of aryl methyl sites for hydroxylation is 1. The van der Waals surface area contributed by atoms with E-state index in [0.717, 1.165) is 31.6 Å². The van der Waals surface area contributed by atoms with E-state index in [1.54, 1.807) is 30.2 Å². The van der Waals surface area contributed by atoms with Crippen LogP contribution in [0, 0.1) is 0 Å². The monoisotopic (exact) mass is 274 g/mol. The quantitative estimate of drug-likeness (QED) is 0.867. The van der Waals surface area contributed by atoms with Crippen LogP contribution in [0.3, 0.4) is 0 Å². The van der Waals surface area contributed by atoms with Gasteiger partial charge in [-0.25, -0.2) is 0 Å². The fourth-order valence-corrected chi connectivity index (χ4v) is 2.47. The molecule has 2 N–H and O–H groups in total. The third-order valence-electron chi connectivity index (χ3n) is 3.60. The van der Waals surface area contributed by atoms with E-state index in [2.05, 4.69) is 20.8 Å². The van der Waals surface area contributed by atoms with Crippen LogP contribution in [-0.2, 0) is 7.05 Å². The molecule has 1 saturated heterocycles. The zero-order chi connectivity index (χ0) is 13.9. The average molecular weight is 274 g/mol. The van der Waals surface area contributed by atoms with Crippen molar-refractivity contribution in [2.75, 3.05) is 18.4 Å². The molecule has 0 bridgehead atoms. The first-order chi connectivity index (χ1) is 9.74. The van der Waals surface area contributed by atoms with E-state index in [4.69, 9.17) is 0 Å². The Hall–Kier alpha value is -2.15. The maximum absolute atomic E-state index is 12.1. The zero-order valence-corrected chi connectivity index (χ0v) is 11.4. The number of rotatable bonds is 3. The largest absolute Gasteiger partial charge is 0.318 e. The highest BCUT2D eigenvalue weighted by Gasteiger charge is 2.17. The van der Waals surface area contributed by atoms with Crippen LogP contribution in [0.4, 0.5) is 5.69 Å². The molecule has 3 heterocycles. The van der Waals surface area contributed by atoms with Gasteiger partial charge in [0.1, 0.15) is 5.69 Å². The standard InChI is InChI=1S/C13H18N6O/c1-18-12(4-7-15-18)13(20)17-10-8-16-19(9-10)11-2-5-14-6-3-11/h4,7-9,11,14H,2-3,5-6H2,1H3,(H,17,20). The third-order valence-corrected chi connectivity index (χ3v) is 3.60. The molecule has 20 heavy (non-hydrogen) atoms. The molecule has 0 aromatic carbocycles. The molecule has 1 aliphatic heterocycles. The number of carbonyl (C=O) groups excluding carboxylic acids is 1. The van der Waals surface area contributed by atoms with Crippen LogP contribution in [0.5, 0.6) is 0 Å². The van der Waals surface area contributed by atoms with Gasteiger partial charge in [-0.1, -0.05) is 0 Å². The fourth-order valence-electron chi connectivity index (χ4n) is 2.47. The van der Waals surface area contributed by atoms with Crippen molar-refractivity contribution in [2.24, 2.45) is 7.05 Å². The van der Waals surface area contributed by atoms with E-state index in [1.165, 1.54) is 0 Å². The van der Waals surface area contributed by atoms with E-state index >= 15 is 0 Å². The molecule has 7 nitrogen and oxygen atoms in total. The molecule has 0 unspecified atom stereocenters. The molecule has 2 aromatic heterocycles. The van der Waals surface area contributed by atoms with Crippen molar-refractivity contribution >= 4 is 11.6 Å². The van der Waals surface area contributed by atoms with Gasteiger partial charge in [0.2, 0.25) is 0 Å². The highest BCUT2D eigenvalue weighted by molar-refractivity contribution is 6.02. The molecule has 106 valence electrons. The first-order valence-corrected chi connectivity index (χ1v) is 6.78. The first-order valence-electron chi connectivity index (χ1n) is 6.78. The van der Waals surface area contributed by atoms with Crippen molar-refractivity contribution in [1.29, 1.82) is 0 Å². The normalized spacial score (nSPS) is 16.2. The molecule has 0 atom stereocenters. The zero-order valence-electron chi connectivity index (χ0n) is 11.4. The van der Waals surface area contributed by atoms with Crippen LogP contribution in [0.1, 0.15) is 29.4 Å². The van der Waals surface area contributed by atoms with Gasteiger partial charge in [0.05, 0.1) is 17.9 Å². The van der Waals surface area contributed by atoms with Gasteiger partial charge in [-0.3, -0.25) is 14.2 Å². The van der Waals surface area contributed by atoms with Gasteiger partial charge < -0.3 is 10.6 Å². The van der Waals surface area contributed by atoms with Crippen LogP contribution in [0.15, 0.2) is 24.7 Å². The second-order valence-corrected chi connectivity index (χ2v) is 4.98.